The number of benzene rings is 2. The molecule has 0 saturated carbocycles. The number of anilines is 1. The van der Waals surface area contributed by atoms with Gasteiger partial charge >= 0.3 is 5.97 Å². The van der Waals surface area contributed by atoms with Gasteiger partial charge in [0.15, 0.2) is 11.5 Å². The van der Waals surface area contributed by atoms with E-state index in [4.69, 9.17) is 0 Å². The van der Waals surface area contributed by atoms with Crippen molar-refractivity contribution in [2.24, 2.45) is 13.0 Å². The molecule has 2 heterocycles. The zero-order valence-electron chi connectivity index (χ0n) is 18.5. The molecule has 172 valence electrons. The summed E-state index contributed by atoms with van der Waals surface area (Å²) in [6.07, 6.45) is 1.23. The number of rotatable bonds is 6. The summed E-state index contributed by atoms with van der Waals surface area (Å²) in [5, 5.41) is 13.9. The van der Waals surface area contributed by atoms with E-state index in [-0.39, 0.29) is 35.7 Å². The van der Waals surface area contributed by atoms with Gasteiger partial charge < -0.3 is 10.0 Å². The summed E-state index contributed by atoms with van der Waals surface area (Å²) in [6, 6.07) is 10.8. The van der Waals surface area contributed by atoms with Crippen LogP contribution in [0.4, 0.5) is 10.1 Å². The van der Waals surface area contributed by atoms with Gasteiger partial charge in [0.25, 0.3) is 0 Å². The topological polar surface area (TPSA) is 95.7 Å². The number of ketones is 1. The van der Waals surface area contributed by atoms with Gasteiger partial charge in [0.05, 0.1) is 12.1 Å². The van der Waals surface area contributed by atoms with Crippen LogP contribution < -0.4 is 4.90 Å². The second-order valence-electron chi connectivity index (χ2n) is 8.35. The maximum absolute atomic E-state index is 13.1. The van der Waals surface area contributed by atoms with E-state index in [1.807, 2.05) is 4.90 Å². The Morgan fingerprint density at radius 3 is 2.42 bits per heavy atom. The summed E-state index contributed by atoms with van der Waals surface area (Å²) < 4.78 is 14.6. The Hall–Kier alpha value is -3.59. The van der Waals surface area contributed by atoms with Crippen LogP contribution in [-0.2, 0) is 11.8 Å². The Labute approximate surface area is 190 Å². The first-order valence-corrected chi connectivity index (χ1v) is 10.7. The van der Waals surface area contributed by atoms with Crippen LogP contribution in [0.3, 0.4) is 0 Å². The Kier molecular flexibility index (Phi) is 6.24. The number of hydrogen-bond acceptors (Lipinski definition) is 5. The predicted molar refractivity (Wildman–Crippen MR) is 121 cm³/mol. The van der Waals surface area contributed by atoms with E-state index in [0.717, 1.165) is 0 Å². The average molecular weight is 452 g/mol. The van der Waals surface area contributed by atoms with Gasteiger partial charge in [0.2, 0.25) is 5.91 Å². The van der Waals surface area contributed by atoms with E-state index >= 15 is 0 Å². The van der Waals surface area contributed by atoms with Crippen molar-refractivity contribution in [3.63, 3.8) is 0 Å². The fourth-order valence-electron chi connectivity index (χ4n) is 4.27. The van der Waals surface area contributed by atoms with Gasteiger partial charge in [-0.25, -0.2) is 9.18 Å². The van der Waals surface area contributed by atoms with Crippen molar-refractivity contribution in [2.45, 2.75) is 12.8 Å². The Bertz CT molecular complexity index is 1210. The lowest BCUT2D eigenvalue weighted by Crippen LogP contribution is -2.43. The number of likely N-dealkylation sites (N-methyl/N-ethyl adjacent to an activating group) is 1. The molecule has 9 heteroatoms. The number of nitrogens with zero attached hydrogens (tertiary/aromatic N) is 4. The van der Waals surface area contributed by atoms with Crippen LogP contribution >= 0.6 is 0 Å². The number of aryl methyl sites for hydroxylation is 1. The van der Waals surface area contributed by atoms with Gasteiger partial charge in [0.1, 0.15) is 5.82 Å². The van der Waals surface area contributed by atoms with Gasteiger partial charge in [-0.2, -0.15) is 5.10 Å². The highest BCUT2D eigenvalue weighted by atomic mass is 19.1. The number of carbonyl (C=O) groups excluding carboxylic acids is 2. The number of carbonyl (C=O) groups is 3. The second kappa shape index (κ2) is 9.11. The molecular formula is C24H25FN4O4. The van der Waals surface area contributed by atoms with Gasteiger partial charge in [-0.1, -0.05) is 0 Å². The van der Waals surface area contributed by atoms with Gasteiger partial charge in [-0.15, -0.1) is 0 Å². The maximum atomic E-state index is 13.1. The van der Waals surface area contributed by atoms with Crippen LogP contribution in [-0.4, -0.2) is 64.1 Å². The van der Waals surface area contributed by atoms with Crippen LogP contribution in [0.1, 0.15) is 33.7 Å². The minimum atomic E-state index is -1.13. The van der Waals surface area contributed by atoms with Crippen molar-refractivity contribution >= 4 is 34.3 Å². The van der Waals surface area contributed by atoms with Crippen molar-refractivity contribution in [1.82, 2.24) is 14.7 Å². The summed E-state index contributed by atoms with van der Waals surface area (Å²) >= 11 is 0. The molecule has 8 nitrogen and oxygen atoms in total. The Balaban J connectivity index is 1.38. The molecule has 1 amide bonds. The number of carboxylic acid groups (broad SMARTS) is 1. The van der Waals surface area contributed by atoms with Crippen molar-refractivity contribution in [2.75, 3.05) is 31.6 Å². The smallest absolute Gasteiger partial charge is 0.357 e. The molecule has 1 saturated heterocycles. The molecule has 0 bridgehead atoms. The molecule has 2 aromatic carbocycles. The standard InChI is InChI=1S/C24H25FN4O4/c1-27(18-6-4-17(25)5-7-18)21(30)14-29-11-9-15(10-12-29)23(31)16-3-8-20-19(13-16)22(24(32)33)26-28(20)2/h3-8,13,15H,9-12,14H2,1-2H3,(H,32,33). The molecule has 1 N–H and O–H groups in total. The SMILES string of the molecule is CN(C(=O)CN1CCC(C(=O)c2ccc3c(c2)c(C(=O)O)nn3C)CC1)c1ccc(F)cc1. The molecule has 1 fully saturated rings. The molecule has 3 aromatic rings. The zero-order chi connectivity index (χ0) is 23.7. The quantitative estimate of drug-likeness (QED) is 0.578. The molecule has 0 radical (unpaired) electrons. The number of likely N-dealkylation sites (tertiary alicyclic amines) is 1. The minimum absolute atomic E-state index is 0.0218. The summed E-state index contributed by atoms with van der Waals surface area (Å²) in [5.74, 6) is -1.79. The number of aromatic nitrogens is 2. The van der Waals surface area contributed by atoms with E-state index < -0.39 is 5.97 Å². The molecule has 33 heavy (non-hydrogen) atoms. The Morgan fingerprint density at radius 1 is 1.12 bits per heavy atom. The van der Waals surface area contributed by atoms with Crippen molar-refractivity contribution < 1.29 is 23.9 Å². The molecular weight excluding hydrogens is 427 g/mol. The molecule has 0 aliphatic carbocycles. The molecule has 0 atom stereocenters. The maximum Gasteiger partial charge on any atom is 0.357 e. The molecule has 0 unspecified atom stereocenters. The lowest BCUT2D eigenvalue weighted by atomic mass is 9.88. The molecule has 0 spiro atoms. The highest BCUT2D eigenvalue weighted by Crippen LogP contribution is 2.26. The first-order valence-electron chi connectivity index (χ1n) is 10.7. The number of fused-ring (bicyclic) bond motifs is 1. The fourth-order valence-corrected chi connectivity index (χ4v) is 4.27. The number of halogens is 1. The first kappa shape index (κ1) is 22.6. The summed E-state index contributed by atoms with van der Waals surface area (Å²) in [7, 11) is 3.33. The average Bonchev–Trinajstić information content (AvgIpc) is 3.15. The third-order valence-electron chi connectivity index (χ3n) is 6.24. The van der Waals surface area contributed by atoms with Crippen molar-refractivity contribution in [3.05, 3.63) is 59.5 Å². The normalized spacial score (nSPS) is 15.0. The van der Waals surface area contributed by atoms with E-state index in [9.17, 15) is 23.9 Å². The monoisotopic (exact) mass is 452 g/mol. The molecule has 1 aliphatic heterocycles. The third kappa shape index (κ3) is 4.63. The summed E-state index contributed by atoms with van der Waals surface area (Å²) in [4.78, 5) is 40.7. The number of amides is 1. The van der Waals surface area contributed by atoms with Gasteiger partial charge in [0, 0.05) is 36.7 Å². The fraction of sp³-hybridized carbons (Fsp3) is 0.333. The number of Topliss-reactive ketones (excluding diaryl/α,β-unsaturated/α-hetero) is 1. The van der Waals surface area contributed by atoms with Crippen molar-refractivity contribution in [3.8, 4) is 0 Å². The minimum Gasteiger partial charge on any atom is -0.476 e. The number of piperidine rings is 1. The molecule has 1 aromatic heterocycles. The van der Waals surface area contributed by atoms with E-state index in [1.54, 1.807) is 44.4 Å². The van der Waals surface area contributed by atoms with Crippen LogP contribution in [0.2, 0.25) is 0 Å². The molecule has 4 rings (SSSR count). The Morgan fingerprint density at radius 2 is 1.79 bits per heavy atom. The molecule has 1 aliphatic rings. The van der Waals surface area contributed by atoms with E-state index in [2.05, 4.69) is 5.10 Å². The second-order valence-corrected chi connectivity index (χ2v) is 8.35. The van der Waals surface area contributed by atoms with E-state index in [0.29, 0.717) is 48.1 Å². The summed E-state index contributed by atoms with van der Waals surface area (Å²) in [5.41, 5.74) is 1.69. The van der Waals surface area contributed by atoms with Crippen LogP contribution in [0.25, 0.3) is 10.9 Å². The van der Waals surface area contributed by atoms with Crippen molar-refractivity contribution in [1.29, 1.82) is 0 Å². The lowest BCUT2D eigenvalue weighted by molar-refractivity contribution is -0.119. The highest BCUT2D eigenvalue weighted by Gasteiger charge is 2.28. The first-order chi connectivity index (χ1) is 15.7. The van der Waals surface area contributed by atoms with Crippen LogP contribution in [0, 0.1) is 11.7 Å². The zero-order valence-corrected chi connectivity index (χ0v) is 18.5. The van der Waals surface area contributed by atoms with Gasteiger partial charge in [-0.05, 0) is 68.4 Å². The highest BCUT2D eigenvalue weighted by molar-refractivity contribution is 6.06. The van der Waals surface area contributed by atoms with Gasteiger partial charge in [-0.3, -0.25) is 19.2 Å². The van der Waals surface area contributed by atoms with Crippen LogP contribution in [0.5, 0.6) is 0 Å². The predicted octanol–water partition coefficient (Wildman–Crippen LogP) is 2.97. The van der Waals surface area contributed by atoms with Crippen LogP contribution in [0.15, 0.2) is 42.5 Å². The third-order valence-corrected chi connectivity index (χ3v) is 6.24. The summed E-state index contributed by atoms with van der Waals surface area (Å²) in [6.45, 7) is 1.43. The largest absolute Gasteiger partial charge is 0.476 e. The number of carboxylic acids is 1. The number of hydrogen-bond donors (Lipinski definition) is 1. The lowest BCUT2D eigenvalue weighted by Gasteiger charge is -2.32. The number of aromatic carboxylic acids is 1. The van der Waals surface area contributed by atoms with E-state index in [1.165, 1.54) is 21.7 Å².